The average molecular weight is 468 g/mol. The van der Waals surface area contributed by atoms with Gasteiger partial charge < -0.3 is 19.8 Å². The molecule has 2 saturated heterocycles. The molecule has 0 bridgehead atoms. The number of piperazine rings is 1. The summed E-state index contributed by atoms with van der Waals surface area (Å²) in [6.07, 6.45) is 1.96. The van der Waals surface area contributed by atoms with Crippen LogP contribution < -0.4 is 14.7 Å². The minimum atomic E-state index is -0.286. The van der Waals surface area contributed by atoms with E-state index < -0.39 is 0 Å². The third-order valence-electron chi connectivity index (χ3n) is 6.48. The molecule has 1 aromatic heterocycles. The Labute approximate surface area is 198 Å². The van der Waals surface area contributed by atoms with E-state index in [0.717, 1.165) is 73.5 Å². The van der Waals surface area contributed by atoms with Crippen LogP contribution in [0.1, 0.15) is 12.8 Å². The fourth-order valence-electron chi connectivity index (χ4n) is 4.67. The van der Waals surface area contributed by atoms with Crippen molar-refractivity contribution in [2.24, 2.45) is 0 Å². The van der Waals surface area contributed by atoms with Crippen molar-refractivity contribution in [3.8, 4) is 11.4 Å². The van der Waals surface area contributed by atoms with Gasteiger partial charge in [-0.15, -0.1) is 0 Å². The summed E-state index contributed by atoms with van der Waals surface area (Å²) in [6, 6.07) is 16.3. The third-order valence-corrected chi connectivity index (χ3v) is 6.80. The Bertz CT molecular complexity index is 1100. The maximum Gasteiger partial charge on any atom is 0.163 e. The minimum Gasteiger partial charge on any atom is -0.394 e. The number of aliphatic hydroxyl groups excluding tert-OH is 1. The van der Waals surface area contributed by atoms with Gasteiger partial charge in [0.25, 0.3) is 0 Å². The summed E-state index contributed by atoms with van der Waals surface area (Å²) < 4.78 is 13.5. The lowest BCUT2D eigenvalue weighted by molar-refractivity contribution is 0.266. The molecule has 0 spiro atoms. The summed E-state index contributed by atoms with van der Waals surface area (Å²) in [4.78, 5) is 16.4. The highest BCUT2D eigenvalue weighted by Crippen LogP contribution is 2.31. The van der Waals surface area contributed by atoms with E-state index in [9.17, 15) is 9.50 Å². The largest absolute Gasteiger partial charge is 0.394 e. The second-order valence-corrected chi connectivity index (χ2v) is 8.92. The maximum absolute atomic E-state index is 13.5. The van der Waals surface area contributed by atoms with E-state index in [-0.39, 0.29) is 18.5 Å². The van der Waals surface area contributed by atoms with Crippen molar-refractivity contribution < 1.29 is 9.50 Å². The van der Waals surface area contributed by atoms with Crippen molar-refractivity contribution in [2.45, 2.75) is 18.9 Å². The molecule has 2 fully saturated rings. The number of nitrogens with zero attached hydrogens (tertiary/aromatic N) is 5. The van der Waals surface area contributed by atoms with Gasteiger partial charge >= 0.3 is 0 Å². The van der Waals surface area contributed by atoms with Crippen LogP contribution in [0, 0.1) is 5.82 Å². The molecule has 5 rings (SSSR count). The standard InChI is InChI=1S/C25H27ClFN5O/c26-21-5-1-2-6-22(21)30-12-14-31(15-13-30)23-16-24(32-11-3-4-20(32)17-33)29-25(28-23)18-7-9-19(27)10-8-18/h1-2,5-10,16,20,33H,3-4,11-15,17H2. The quantitative estimate of drug-likeness (QED) is 0.606. The zero-order chi connectivity index (χ0) is 22.8. The first kappa shape index (κ1) is 21.9. The van der Waals surface area contributed by atoms with Gasteiger partial charge in [-0.1, -0.05) is 23.7 Å². The molecule has 0 radical (unpaired) electrons. The van der Waals surface area contributed by atoms with Gasteiger partial charge in [0.1, 0.15) is 17.5 Å². The summed E-state index contributed by atoms with van der Waals surface area (Å²) in [7, 11) is 0. The number of para-hydroxylation sites is 1. The first-order valence-corrected chi connectivity index (χ1v) is 11.8. The van der Waals surface area contributed by atoms with E-state index in [4.69, 9.17) is 21.6 Å². The predicted molar refractivity (Wildman–Crippen MR) is 131 cm³/mol. The lowest BCUT2D eigenvalue weighted by Crippen LogP contribution is -2.47. The number of hydrogen-bond acceptors (Lipinski definition) is 6. The number of halogens is 2. The number of anilines is 3. The van der Waals surface area contributed by atoms with Gasteiger partial charge in [-0.3, -0.25) is 0 Å². The Kier molecular flexibility index (Phi) is 6.33. The number of benzene rings is 2. The zero-order valence-electron chi connectivity index (χ0n) is 18.4. The average Bonchev–Trinajstić information content (AvgIpc) is 3.34. The van der Waals surface area contributed by atoms with Crippen LogP contribution in [-0.4, -0.2) is 60.4 Å². The first-order chi connectivity index (χ1) is 16.1. The zero-order valence-corrected chi connectivity index (χ0v) is 19.1. The smallest absolute Gasteiger partial charge is 0.163 e. The fourth-order valence-corrected chi connectivity index (χ4v) is 4.93. The number of rotatable bonds is 5. The number of aliphatic hydroxyl groups is 1. The molecule has 0 aliphatic carbocycles. The van der Waals surface area contributed by atoms with Gasteiger partial charge in [0.15, 0.2) is 5.82 Å². The highest BCUT2D eigenvalue weighted by molar-refractivity contribution is 6.33. The fraction of sp³-hybridized carbons (Fsp3) is 0.360. The van der Waals surface area contributed by atoms with Crippen LogP contribution >= 0.6 is 11.6 Å². The van der Waals surface area contributed by atoms with Gasteiger partial charge in [0.05, 0.1) is 23.4 Å². The molecule has 1 atom stereocenters. The normalized spacial score (nSPS) is 18.8. The van der Waals surface area contributed by atoms with Crippen molar-refractivity contribution in [3.63, 3.8) is 0 Å². The van der Waals surface area contributed by atoms with Crippen molar-refractivity contribution in [1.29, 1.82) is 0 Å². The van der Waals surface area contributed by atoms with Gasteiger partial charge in [0.2, 0.25) is 0 Å². The molecule has 3 heterocycles. The van der Waals surface area contributed by atoms with Crippen LogP contribution in [0.4, 0.5) is 21.7 Å². The summed E-state index contributed by atoms with van der Waals surface area (Å²) in [6.45, 7) is 4.21. The lowest BCUT2D eigenvalue weighted by Gasteiger charge is -2.37. The molecule has 1 unspecified atom stereocenters. The molecule has 8 heteroatoms. The summed E-state index contributed by atoms with van der Waals surface area (Å²) in [5.41, 5.74) is 1.82. The Morgan fingerprint density at radius 3 is 2.33 bits per heavy atom. The van der Waals surface area contributed by atoms with Gasteiger partial charge in [0, 0.05) is 44.4 Å². The summed E-state index contributed by atoms with van der Waals surface area (Å²) >= 11 is 6.40. The molecule has 2 aromatic carbocycles. The molecular weight excluding hydrogens is 441 g/mol. The Hall–Kier alpha value is -2.90. The molecule has 0 saturated carbocycles. The van der Waals surface area contributed by atoms with Gasteiger partial charge in [-0.2, -0.15) is 0 Å². The molecule has 2 aliphatic rings. The highest BCUT2D eigenvalue weighted by Gasteiger charge is 2.27. The second-order valence-electron chi connectivity index (χ2n) is 8.51. The van der Waals surface area contributed by atoms with E-state index in [1.54, 1.807) is 12.1 Å². The van der Waals surface area contributed by atoms with E-state index in [2.05, 4.69) is 20.8 Å². The second kappa shape index (κ2) is 9.53. The number of aromatic nitrogens is 2. The Morgan fingerprint density at radius 2 is 1.61 bits per heavy atom. The lowest BCUT2D eigenvalue weighted by atomic mass is 10.2. The Balaban J connectivity index is 1.44. The monoisotopic (exact) mass is 467 g/mol. The van der Waals surface area contributed by atoms with Crippen LogP contribution in [0.3, 0.4) is 0 Å². The van der Waals surface area contributed by atoms with Crippen LogP contribution in [0.5, 0.6) is 0 Å². The van der Waals surface area contributed by atoms with E-state index in [0.29, 0.717) is 5.82 Å². The van der Waals surface area contributed by atoms with E-state index in [1.807, 2.05) is 24.3 Å². The van der Waals surface area contributed by atoms with Crippen molar-refractivity contribution in [3.05, 3.63) is 65.4 Å². The molecule has 6 nitrogen and oxygen atoms in total. The predicted octanol–water partition coefficient (Wildman–Crippen LogP) is 4.22. The van der Waals surface area contributed by atoms with Gasteiger partial charge in [-0.05, 0) is 49.2 Å². The molecule has 33 heavy (non-hydrogen) atoms. The molecule has 0 amide bonds. The van der Waals surface area contributed by atoms with Crippen LogP contribution in [-0.2, 0) is 0 Å². The van der Waals surface area contributed by atoms with Crippen molar-refractivity contribution in [2.75, 3.05) is 54.0 Å². The summed E-state index contributed by atoms with van der Waals surface area (Å²) in [5.74, 6) is 1.94. The molecule has 1 N–H and O–H groups in total. The Morgan fingerprint density at radius 1 is 0.909 bits per heavy atom. The van der Waals surface area contributed by atoms with E-state index in [1.165, 1.54) is 12.1 Å². The SMILES string of the molecule is OCC1CCCN1c1cc(N2CCN(c3ccccc3Cl)CC2)nc(-c2ccc(F)cc2)n1. The highest BCUT2D eigenvalue weighted by atomic mass is 35.5. The van der Waals surface area contributed by atoms with Crippen LogP contribution in [0.2, 0.25) is 5.02 Å². The van der Waals surface area contributed by atoms with Gasteiger partial charge in [-0.25, -0.2) is 14.4 Å². The maximum atomic E-state index is 13.5. The first-order valence-electron chi connectivity index (χ1n) is 11.4. The molecule has 3 aromatic rings. The minimum absolute atomic E-state index is 0.0610. The van der Waals surface area contributed by atoms with E-state index >= 15 is 0 Å². The third kappa shape index (κ3) is 4.61. The van der Waals surface area contributed by atoms with Crippen molar-refractivity contribution in [1.82, 2.24) is 9.97 Å². The van der Waals surface area contributed by atoms with Crippen molar-refractivity contribution >= 4 is 28.9 Å². The topological polar surface area (TPSA) is 55.7 Å². The number of hydrogen-bond donors (Lipinski definition) is 1. The summed E-state index contributed by atoms with van der Waals surface area (Å²) in [5, 5.41) is 10.6. The van der Waals surface area contributed by atoms with Crippen LogP contribution in [0.15, 0.2) is 54.6 Å². The van der Waals surface area contributed by atoms with Crippen LogP contribution in [0.25, 0.3) is 11.4 Å². The molecule has 2 aliphatic heterocycles. The molecular formula is C25H27ClFN5O. The molecule has 172 valence electrons.